The van der Waals surface area contributed by atoms with E-state index in [1.165, 1.54) is 19.8 Å². The summed E-state index contributed by atoms with van der Waals surface area (Å²) in [6, 6.07) is 13.5. The fraction of sp³-hybridized carbons (Fsp3) is 0.481. The van der Waals surface area contributed by atoms with Crippen molar-refractivity contribution in [1.82, 2.24) is 0 Å². The molecule has 0 saturated carbocycles. The van der Waals surface area contributed by atoms with Crippen LogP contribution in [0.1, 0.15) is 65.6 Å². The molecular weight excluding hydrogens is 420 g/mol. The van der Waals surface area contributed by atoms with Crippen LogP contribution in [0.15, 0.2) is 42.5 Å². The van der Waals surface area contributed by atoms with Crippen molar-refractivity contribution in [2.45, 2.75) is 57.8 Å². The molecule has 0 aliphatic rings. The summed E-state index contributed by atoms with van der Waals surface area (Å²) in [6.45, 7) is 0.735. The Bertz CT molecular complexity index is 877. The van der Waals surface area contributed by atoms with Crippen LogP contribution >= 0.6 is 0 Å². The van der Waals surface area contributed by atoms with E-state index in [2.05, 4.69) is 6.07 Å². The Balaban J connectivity index is 2.01. The van der Waals surface area contributed by atoms with Crippen LogP contribution in [0.5, 0.6) is 5.75 Å². The number of aliphatic hydroxyl groups is 1. The van der Waals surface area contributed by atoms with Gasteiger partial charge in [0.1, 0.15) is 5.75 Å². The SMILES string of the molecule is COC(=O)CCc1c(CCCCCCO)cccc1OCCCc1ccccc1C(=O)OC. The number of methoxy groups -OCH3 is 2. The van der Waals surface area contributed by atoms with E-state index in [4.69, 9.17) is 19.3 Å². The number of aryl methyl sites for hydroxylation is 2. The molecule has 0 unspecified atom stereocenters. The maximum Gasteiger partial charge on any atom is 0.338 e. The molecular formula is C27H36O6. The Hall–Kier alpha value is -2.86. The highest BCUT2D eigenvalue weighted by atomic mass is 16.5. The molecule has 1 N–H and O–H groups in total. The molecule has 2 aromatic rings. The first-order valence-electron chi connectivity index (χ1n) is 11.7. The minimum atomic E-state index is -0.330. The molecule has 0 atom stereocenters. The highest BCUT2D eigenvalue weighted by Crippen LogP contribution is 2.26. The summed E-state index contributed by atoms with van der Waals surface area (Å²) in [5.74, 6) is 0.231. The zero-order chi connectivity index (χ0) is 23.9. The van der Waals surface area contributed by atoms with Crippen LogP contribution in [0.4, 0.5) is 0 Å². The highest BCUT2D eigenvalue weighted by Gasteiger charge is 2.13. The van der Waals surface area contributed by atoms with Gasteiger partial charge in [-0.05, 0) is 67.3 Å². The molecule has 6 heteroatoms. The van der Waals surface area contributed by atoms with Crippen molar-refractivity contribution in [2.75, 3.05) is 27.4 Å². The van der Waals surface area contributed by atoms with Crippen molar-refractivity contribution >= 4 is 11.9 Å². The molecule has 0 spiro atoms. The Morgan fingerprint density at radius 3 is 2.27 bits per heavy atom. The summed E-state index contributed by atoms with van der Waals surface area (Å²) in [6.07, 6.45) is 7.16. The number of hydrogen-bond donors (Lipinski definition) is 1. The molecule has 180 valence electrons. The zero-order valence-electron chi connectivity index (χ0n) is 19.8. The lowest BCUT2D eigenvalue weighted by Gasteiger charge is -2.16. The molecule has 6 nitrogen and oxygen atoms in total. The first kappa shape index (κ1) is 26.4. The topological polar surface area (TPSA) is 82.1 Å². The Labute approximate surface area is 196 Å². The quantitative estimate of drug-likeness (QED) is 0.309. The van der Waals surface area contributed by atoms with Gasteiger partial charge in [-0.2, -0.15) is 0 Å². The van der Waals surface area contributed by atoms with Crippen LogP contribution in [0.3, 0.4) is 0 Å². The van der Waals surface area contributed by atoms with E-state index in [1.54, 1.807) is 6.07 Å². The van der Waals surface area contributed by atoms with Crippen molar-refractivity contribution in [2.24, 2.45) is 0 Å². The van der Waals surface area contributed by atoms with Gasteiger partial charge in [0.05, 0.1) is 26.4 Å². The van der Waals surface area contributed by atoms with Crippen LogP contribution in [0.25, 0.3) is 0 Å². The van der Waals surface area contributed by atoms with Gasteiger partial charge in [0, 0.05) is 13.0 Å². The molecule has 0 saturated heterocycles. The number of hydrogen-bond acceptors (Lipinski definition) is 6. The van der Waals surface area contributed by atoms with Crippen molar-refractivity contribution in [3.8, 4) is 5.75 Å². The summed E-state index contributed by atoms with van der Waals surface area (Å²) in [5, 5.41) is 8.96. The first-order chi connectivity index (χ1) is 16.1. The molecule has 0 amide bonds. The van der Waals surface area contributed by atoms with Crippen LogP contribution in [-0.4, -0.2) is 44.5 Å². The van der Waals surface area contributed by atoms with E-state index >= 15 is 0 Å². The lowest BCUT2D eigenvalue weighted by molar-refractivity contribution is -0.140. The Morgan fingerprint density at radius 2 is 1.52 bits per heavy atom. The summed E-state index contributed by atoms with van der Waals surface area (Å²) in [4.78, 5) is 23.7. The van der Waals surface area contributed by atoms with Crippen LogP contribution in [0.2, 0.25) is 0 Å². The third-order valence-corrected chi connectivity index (χ3v) is 5.66. The third kappa shape index (κ3) is 8.89. The second-order valence-corrected chi connectivity index (χ2v) is 7.96. The van der Waals surface area contributed by atoms with E-state index in [1.807, 2.05) is 30.3 Å². The number of carbonyl (C=O) groups excluding carboxylic acids is 2. The standard InChI is InChI=1S/C27H36O6/c1-31-26(29)18-17-23-21(11-5-3-4-8-19-28)13-9-16-25(23)33-20-10-14-22-12-6-7-15-24(22)27(30)32-2/h6-7,9,12-13,15-16,28H,3-5,8,10-11,14,17-20H2,1-2H3. The molecule has 0 fully saturated rings. The highest BCUT2D eigenvalue weighted by molar-refractivity contribution is 5.90. The minimum Gasteiger partial charge on any atom is -0.493 e. The molecule has 2 aromatic carbocycles. The summed E-state index contributed by atoms with van der Waals surface area (Å²) >= 11 is 0. The number of carbonyl (C=O) groups is 2. The van der Waals surface area contributed by atoms with E-state index in [9.17, 15) is 9.59 Å². The average molecular weight is 457 g/mol. The first-order valence-corrected chi connectivity index (χ1v) is 11.7. The number of benzene rings is 2. The van der Waals surface area contributed by atoms with Gasteiger partial charge in [-0.15, -0.1) is 0 Å². The van der Waals surface area contributed by atoms with Crippen molar-refractivity contribution in [1.29, 1.82) is 0 Å². The van der Waals surface area contributed by atoms with E-state index in [0.29, 0.717) is 31.4 Å². The molecule has 0 aromatic heterocycles. The van der Waals surface area contributed by atoms with Crippen molar-refractivity contribution in [3.63, 3.8) is 0 Å². The van der Waals surface area contributed by atoms with Gasteiger partial charge in [-0.3, -0.25) is 4.79 Å². The minimum absolute atomic E-state index is 0.234. The maximum atomic E-state index is 12.0. The monoisotopic (exact) mass is 456 g/mol. The number of esters is 2. The normalized spacial score (nSPS) is 10.6. The van der Waals surface area contributed by atoms with Crippen LogP contribution < -0.4 is 4.74 Å². The second kappa shape index (κ2) is 15.1. The summed E-state index contributed by atoms with van der Waals surface area (Å²) in [5.41, 5.74) is 3.77. The molecule has 0 aliphatic heterocycles. The molecule has 0 aliphatic carbocycles. The van der Waals surface area contributed by atoms with Gasteiger partial charge < -0.3 is 19.3 Å². The summed E-state index contributed by atoms with van der Waals surface area (Å²) in [7, 11) is 2.79. The molecule has 33 heavy (non-hydrogen) atoms. The predicted octanol–water partition coefficient (Wildman–Crippen LogP) is 4.69. The number of unbranched alkanes of at least 4 members (excludes halogenated alkanes) is 3. The number of rotatable bonds is 15. The molecule has 0 radical (unpaired) electrons. The zero-order valence-corrected chi connectivity index (χ0v) is 19.8. The lowest BCUT2D eigenvalue weighted by atomic mass is 9.96. The fourth-order valence-electron chi connectivity index (χ4n) is 3.87. The third-order valence-electron chi connectivity index (χ3n) is 5.66. The number of aliphatic hydroxyl groups excluding tert-OH is 1. The van der Waals surface area contributed by atoms with E-state index in [0.717, 1.165) is 55.4 Å². The maximum absolute atomic E-state index is 12.0. The van der Waals surface area contributed by atoms with Crippen LogP contribution in [-0.2, 0) is 33.5 Å². The molecule has 0 bridgehead atoms. The second-order valence-electron chi connectivity index (χ2n) is 7.96. The average Bonchev–Trinajstić information content (AvgIpc) is 2.85. The Morgan fingerprint density at radius 1 is 0.788 bits per heavy atom. The van der Waals surface area contributed by atoms with Crippen molar-refractivity contribution < 1.29 is 28.9 Å². The Kier molecular flexibility index (Phi) is 12.0. The van der Waals surface area contributed by atoms with Crippen molar-refractivity contribution in [3.05, 3.63) is 64.7 Å². The fourth-order valence-corrected chi connectivity index (χ4v) is 3.87. The van der Waals surface area contributed by atoms with E-state index in [-0.39, 0.29) is 18.5 Å². The van der Waals surface area contributed by atoms with Gasteiger partial charge in [0.25, 0.3) is 0 Å². The van der Waals surface area contributed by atoms with Gasteiger partial charge in [0.15, 0.2) is 0 Å². The van der Waals surface area contributed by atoms with Gasteiger partial charge in [0.2, 0.25) is 0 Å². The lowest BCUT2D eigenvalue weighted by Crippen LogP contribution is -2.09. The summed E-state index contributed by atoms with van der Waals surface area (Å²) < 4.78 is 15.8. The smallest absolute Gasteiger partial charge is 0.338 e. The van der Waals surface area contributed by atoms with E-state index < -0.39 is 0 Å². The number of ether oxygens (including phenoxy) is 3. The molecule has 2 rings (SSSR count). The van der Waals surface area contributed by atoms with Gasteiger partial charge in [-0.1, -0.05) is 43.2 Å². The molecule has 0 heterocycles. The van der Waals surface area contributed by atoms with Gasteiger partial charge in [-0.25, -0.2) is 4.79 Å². The van der Waals surface area contributed by atoms with Crippen LogP contribution in [0, 0.1) is 0 Å². The van der Waals surface area contributed by atoms with Gasteiger partial charge >= 0.3 is 11.9 Å². The predicted molar refractivity (Wildman–Crippen MR) is 128 cm³/mol. The largest absolute Gasteiger partial charge is 0.493 e.